The summed E-state index contributed by atoms with van der Waals surface area (Å²) in [7, 11) is 0. The molecule has 0 N–H and O–H groups in total. The molecule has 0 bridgehead atoms. The molecule has 3 heterocycles. The van der Waals surface area contributed by atoms with Crippen LogP contribution < -0.4 is 9.64 Å². The highest BCUT2D eigenvalue weighted by Crippen LogP contribution is 2.26. The van der Waals surface area contributed by atoms with Gasteiger partial charge in [0.15, 0.2) is 0 Å². The summed E-state index contributed by atoms with van der Waals surface area (Å²) < 4.78 is 5.94. The van der Waals surface area contributed by atoms with E-state index in [1.807, 2.05) is 29.3 Å². The molecule has 1 atom stereocenters. The molecule has 35 heavy (non-hydrogen) atoms. The van der Waals surface area contributed by atoms with Gasteiger partial charge in [-0.15, -0.1) is 0 Å². The van der Waals surface area contributed by atoms with Gasteiger partial charge >= 0.3 is 0 Å². The number of pyridine rings is 1. The number of carbonyl (C=O) groups is 1. The summed E-state index contributed by atoms with van der Waals surface area (Å²) in [6, 6.07) is 20.7. The Labute approximate surface area is 208 Å². The van der Waals surface area contributed by atoms with E-state index in [2.05, 4.69) is 66.1 Å². The zero-order valence-corrected chi connectivity index (χ0v) is 20.7. The first-order valence-electron chi connectivity index (χ1n) is 12.5. The highest BCUT2D eigenvalue weighted by Gasteiger charge is 2.37. The first-order chi connectivity index (χ1) is 17.1. The van der Waals surface area contributed by atoms with Crippen LogP contribution in [0.3, 0.4) is 0 Å². The van der Waals surface area contributed by atoms with Gasteiger partial charge in [-0.1, -0.05) is 60.2 Å². The van der Waals surface area contributed by atoms with Crippen LogP contribution in [0.15, 0.2) is 66.9 Å². The quantitative estimate of drug-likeness (QED) is 0.518. The third-order valence-corrected chi connectivity index (χ3v) is 7.09. The topological polar surface area (TPSA) is 48.9 Å². The van der Waals surface area contributed by atoms with Crippen LogP contribution >= 0.6 is 0 Å². The van der Waals surface area contributed by atoms with Gasteiger partial charge in [-0.3, -0.25) is 9.69 Å². The zero-order valence-electron chi connectivity index (χ0n) is 20.7. The summed E-state index contributed by atoms with van der Waals surface area (Å²) >= 11 is 0. The average Bonchev–Trinajstić information content (AvgIpc) is 3.25. The molecular formula is C29H34N4O2. The monoisotopic (exact) mass is 470 g/mol. The SMILES string of the molecule is Cc1ccc(CN2CC[C@@H](N3CCN(c4ncc(OCc5ccccc5)cc4C)CC3)C2=O)cc1. The number of ether oxygens (including phenoxy) is 1. The highest BCUT2D eigenvalue weighted by molar-refractivity contribution is 5.84. The maximum atomic E-state index is 13.1. The number of likely N-dealkylation sites (tertiary alicyclic amines) is 1. The molecule has 0 unspecified atom stereocenters. The number of piperazine rings is 1. The third-order valence-electron chi connectivity index (χ3n) is 7.09. The van der Waals surface area contributed by atoms with Gasteiger partial charge in [0, 0.05) is 39.3 Å². The fourth-order valence-electron chi connectivity index (χ4n) is 5.07. The van der Waals surface area contributed by atoms with Gasteiger partial charge < -0.3 is 14.5 Å². The maximum absolute atomic E-state index is 13.1. The number of nitrogens with zero attached hydrogens (tertiary/aromatic N) is 4. The molecule has 0 saturated carbocycles. The van der Waals surface area contributed by atoms with Crippen molar-refractivity contribution >= 4 is 11.7 Å². The van der Waals surface area contributed by atoms with Crippen molar-refractivity contribution < 1.29 is 9.53 Å². The minimum atomic E-state index is 0.00502. The zero-order chi connectivity index (χ0) is 24.2. The number of amides is 1. The van der Waals surface area contributed by atoms with Crippen molar-refractivity contribution in [2.24, 2.45) is 0 Å². The summed E-state index contributed by atoms with van der Waals surface area (Å²) in [6.45, 7) is 9.76. The number of hydrogen-bond acceptors (Lipinski definition) is 5. The molecule has 2 aromatic carbocycles. The molecule has 5 rings (SSSR count). The Bertz CT molecular complexity index is 1140. The number of benzene rings is 2. The van der Waals surface area contributed by atoms with Crippen molar-refractivity contribution in [2.75, 3.05) is 37.6 Å². The van der Waals surface area contributed by atoms with Crippen LogP contribution in [0.5, 0.6) is 5.75 Å². The predicted molar refractivity (Wildman–Crippen MR) is 139 cm³/mol. The number of aromatic nitrogens is 1. The van der Waals surface area contributed by atoms with Crippen LogP contribution in [0.2, 0.25) is 0 Å². The molecule has 3 aromatic rings. The Morgan fingerprint density at radius 3 is 2.37 bits per heavy atom. The molecule has 0 aliphatic carbocycles. The lowest BCUT2D eigenvalue weighted by Gasteiger charge is -2.38. The van der Waals surface area contributed by atoms with Crippen LogP contribution in [0.1, 0.15) is 28.7 Å². The number of hydrogen-bond donors (Lipinski definition) is 0. The molecule has 2 fully saturated rings. The van der Waals surface area contributed by atoms with Gasteiger partial charge in [-0.05, 0) is 43.0 Å². The van der Waals surface area contributed by atoms with Crippen molar-refractivity contribution in [1.82, 2.24) is 14.8 Å². The van der Waals surface area contributed by atoms with Gasteiger partial charge in [0.1, 0.15) is 18.2 Å². The van der Waals surface area contributed by atoms with E-state index in [9.17, 15) is 4.79 Å². The van der Waals surface area contributed by atoms with Crippen molar-refractivity contribution in [3.63, 3.8) is 0 Å². The summed E-state index contributed by atoms with van der Waals surface area (Å²) in [5.41, 5.74) is 4.71. The maximum Gasteiger partial charge on any atom is 0.240 e. The smallest absolute Gasteiger partial charge is 0.240 e. The molecule has 2 aliphatic heterocycles. The predicted octanol–water partition coefficient (Wildman–Crippen LogP) is 4.20. The van der Waals surface area contributed by atoms with E-state index in [4.69, 9.17) is 9.72 Å². The normalized spacial score (nSPS) is 18.8. The number of carbonyl (C=O) groups excluding carboxylic acids is 1. The third kappa shape index (κ3) is 5.49. The molecule has 2 aliphatic rings. The molecule has 6 nitrogen and oxygen atoms in total. The fourth-order valence-corrected chi connectivity index (χ4v) is 5.07. The lowest BCUT2D eigenvalue weighted by Crippen LogP contribution is -2.52. The Morgan fingerprint density at radius 2 is 1.66 bits per heavy atom. The van der Waals surface area contributed by atoms with Gasteiger partial charge in [-0.25, -0.2) is 4.98 Å². The van der Waals surface area contributed by atoms with Crippen molar-refractivity contribution in [3.05, 3.63) is 89.1 Å². The summed E-state index contributed by atoms with van der Waals surface area (Å²) in [6.07, 6.45) is 2.73. The number of anilines is 1. The van der Waals surface area contributed by atoms with Crippen molar-refractivity contribution in [3.8, 4) is 5.75 Å². The van der Waals surface area contributed by atoms with Gasteiger partial charge in [0.05, 0.1) is 12.2 Å². The van der Waals surface area contributed by atoms with Crippen LogP contribution in [-0.4, -0.2) is 59.5 Å². The average molecular weight is 471 g/mol. The fraction of sp³-hybridized carbons (Fsp3) is 0.379. The second kappa shape index (κ2) is 10.5. The second-order valence-electron chi connectivity index (χ2n) is 9.66. The Hall–Kier alpha value is -3.38. The Balaban J connectivity index is 1.14. The van der Waals surface area contributed by atoms with Crippen LogP contribution in [-0.2, 0) is 17.9 Å². The minimum absolute atomic E-state index is 0.00502. The largest absolute Gasteiger partial charge is 0.487 e. The van der Waals surface area contributed by atoms with E-state index in [-0.39, 0.29) is 11.9 Å². The van der Waals surface area contributed by atoms with Gasteiger partial charge in [0.25, 0.3) is 0 Å². The molecule has 2 saturated heterocycles. The molecule has 1 amide bonds. The second-order valence-corrected chi connectivity index (χ2v) is 9.66. The first kappa shape index (κ1) is 23.4. The standard InChI is InChI=1S/C29H34N4O2/c1-22-8-10-24(11-9-22)20-33-13-12-27(29(33)34)31-14-16-32(17-15-31)28-23(2)18-26(19-30-28)35-21-25-6-4-3-5-7-25/h3-11,18-19,27H,12-17,20-21H2,1-2H3/t27-/m1/s1. The van der Waals surface area contributed by atoms with Gasteiger partial charge in [0.2, 0.25) is 5.91 Å². The van der Waals surface area contributed by atoms with Crippen molar-refractivity contribution in [1.29, 1.82) is 0 Å². The lowest BCUT2D eigenvalue weighted by atomic mass is 10.1. The van der Waals surface area contributed by atoms with E-state index in [0.717, 1.165) is 61.8 Å². The van der Waals surface area contributed by atoms with E-state index < -0.39 is 0 Å². The summed E-state index contributed by atoms with van der Waals surface area (Å²) in [5, 5.41) is 0. The lowest BCUT2D eigenvalue weighted by molar-refractivity contribution is -0.132. The minimum Gasteiger partial charge on any atom is -0.487 e. The van der Waals surface area contributed by atoms with E-state index >= 15 is 0 Å². The summed E-state index contributed by atoms with van der Waals surface area (Å²) in [5.74, 6) is 2.07. The van der Waals surface area contributed by atoms with E-state index in [1.165, 1.54) is 11.1 Å². The highest BCUT2D eigenvalue weighted by atomic mass is 16.5. The van der Waals surface area contributed by atoms with Crippen LogP contribution in [0.25, 0.3) is 0 Å². The van der Waals surface area contributed by atoms with Crippen molar-refractivity contribution in [2.45, 2.75) is 39.5 Å². The Kier molecular flexibility index (Phi) is 7.00. The Morgan fingerprint density at radius 1 is 0.914 bits per heavy atom. The number of rotatable bonds is 7. The molecule has 182 valence electrons. The van der Waals surface area contributed by atoms with Crippen LogP contribution in [0, 0.1) is 13.8 Å². The molecule has 0 spiro atoms. The molecular weight excluding hydrogens is 436 g/mol. The summed E-state index contributed by atoms with van der Waals surface area (Å²) in [4.78, 5) is 24.6. The van der Waals surface area contributed by atoms with Crippen LogP contribution in [0.4, 0.5) is 5.82 Å². The van der Waals surface area contributed by atoms with E-state index in [0.29, 0.717) is 13.2 Å². The number of aryl methyl sites for hydroxylation is 2. The van der Waals surface area contributed by atoms with Gasteiger partial charge in [-0.2, -0.15) is 0 Å². The molecule has 6 heteroatoms. The first-order valence-corrected chi connectivity index (χ1v) is 12.5. The van der Waals surface area contributed by atoms with E-state index in [1.54, 1.807) is 0 Å². The molecule has 0 radical (unpaired) electrons. The molecule has 1 aromatic heterocycles.